The summed E-state index contributed by atoms with van der Waals surface area (Å²) in [5.74, 6) is 0.931. The van der Waals surface area contributed by atoms with Crippen LogP contribution in [0.15, 0.2) is 29.3 Å². The lowest BCUT2D eigenvalue weighted by Crippen LogP contribution is -2.47. The summed E-state index contributed by atoms with van der Waals surface area (Å²) in [6.45, 7) is 20.7. The number of likely N-dealkylation sites (N-methyl/N-ethyl adjacent to an activating group) is 1. The minimum absolute atomic E-state index is 0. The van der Waals surface area contributed by atoms with Gasteiger partial charge in [0.05, 0.1) is 6.54 Å². The van der Waals surface area contributed by atoms with Crippen LogP contribution >= 0.6 is 24.0 Å². The van der Waals surface area contributed by atoms with Crippen LogP contribution in [-0.2, 0) is 11.8 Å². The Balaban J connectivity index is 0.00000420. The van der Waals surface area contributed by atoms with Gasteiger partial charge in [-0.3, -0.25) is 9.89 Å². The molecule has 166 valence electrons. The fraction of sp³-hybridized carbons (Fsp3) is 0.696. The number of nitrogens with zero attached hydrogens (tertiary/aromatic N) is 3. The summed E-state index contributed by atoms with van der Waals surface area (Å²) in [5, 5.41) is 6.84. The Hall–Kier alpha value is -0.860. The summed E-state index contributed by atoms with van der Waals surface area (Å²) >= 11 is 0. The predicted molar refractivity (Wildman–Crippen MR) is 137 cm³/mol. The topological polar surface area (TPSA) is 42.9 Å². The van der Waals surface area contributed by atoms with Gasteiger partial charge in [-0.2, -0.15) is 0 Å². The highest BCUT2D eigenvalue weighted by Crippen LogP contribution is 2.22. The lowest BCUT2D eigenvalue weighted by Gasteiger charge is -2.33. The molecule has 2 rings (SSSR count). The fourth-order valence-corrected chi connectivity index (χ4v) is 3.47. The van der Waals surface area contributed by atoms with E-state index in [9.17, 15) is 0 Å². The summed E-state index contributed by atoms with van der Waals surface area (Å²) < 4.78 is 0. The zero-order valence-corrected chi connectivity index (χ0v) is 21.5. The average Bonchev–Trinajstić information content (AvgIpc) is 2.68. The second-order valence-corrected chi connectivity index (χ2v) is 8.66. The van der Waals surface area contributed by atoms with E-state index in [4.69, 9.17) is 4.99 Å². The highest BCUT2D eigenvalue weighted by Gasteiger charge is 2.15. The Kier molecular flexibility index (Phi) is 12.1. The number of nitrogens with one attached hydrogen (secondary N) is 2. The van der Waals surface area contributed by atoms with Crippen molar-refractivity contribution in [2.45, 2.75) is 46.5 Å². The monoisotopic (exact) mass is 515 g/mol. The van der Waals surface area contributed by atoms with Crippen molar-refractivity contribution in [2.75, 3.05) is 58.9 Å². The Morgan fingerprint density at radius 1 is 0.966 bits per heavy atom. The van der Waals surface area contributed by atoms with Gasteiger partial charge in [-0.25, -0.2) is 0 Å². The van der Waals surface area contributed by atoms with Gasteiger partial charge in [0.15, 0.2) is 5.96 Å². The van der Waals surface area contributed by atoms with Crippen molar-refractivity contribution in [1.29, 1.82) is 0 Å². The van der Waals surface area contributed by atoms with Crippen LogP contribution in [0.3, 0.4) is 0 Å². The summed E-state index contributed by atoms with van der Waals surface area (Å²) in [6, 6.07) is 9.02. The number of piperazine rings is 1. The maximum atomic E-state index is 4.76. The van der Waals surface area contributed by atoms with Crippen LogP contribution in [0.4, 0.5) is 0 Å². The number of hydrogen-bond donors (Lipinski definition) is 2. The van der Waals surface area contributed by atoms with Crippen molar-refractivity contribution >= 4 is 29.9 Å². The second kappa shape index (κ2) is 13.4. The third-order valence-electron chi connectivity index (χ3n) is 5.47. The van der Waals surface area contributed by atoms with Gasteiger partial charge in [-0.05, 0) is 36.4 Å². The van der Waals surface area contributed by atoms with E-state index >= 15 is 0 Å². The molecule has 0 amide bonds. The van der Waals surface area contributed by atoms with E-state index in [1.54, 1.807) is 0 Å². The number of rotatable bonds is 8. The van der Waals surface area contributed by atoms with Gasteiger partial charge in [0.2, 0.25) is 0 Å². The molecule has 0 bridgehead atoms. The molecule has 1 aromatic rings. The molecule has 1 aromatic carbocycles. The number of guanidine groups is 1. The molecule has 5 nitrogen and oxygen atoms in total. The Morgan fingerprint density at radius 2 is 1.59 bits per heavy atom. The van der Waals surface area contributed by atoms with E-state index in [0.717, 1.165) is 51.6 Å². The Bertz CT molecular complexity index is 586. The summed E-state index contributed by atoms with van der Waals surface area (Å²) in [7, 11) is 0. The first-order chi connectivity index (χ1) is 13.4. The first kappa shape index (κ1) is 26.2. The van der Waals surface area contributed by atoms with Gasteiger partial charge in [0, 0.05) is 45.8 Å². The molecule has 1 heterocycles. The first-order valence-electron chi connectivity index (χ1n) is 11.0. The molecule has 1 fully saturated rings. The maximum absolute atomic E-state index is 4.76. The molecule has 1 saturated heterocycles. The van der Waals surface area contributed by atoms with E-state index in [-0.39, 0.29) is 29.4 Å². The fourth-order valence-electron chi connectivity index (χ4n) is 3.47. The third kappa shape index (κ3) is 9.66. The normalized spacial score (nSPS) is 16.4. The lowest BCUT2D eigenvalue weighted by atomic mass is 9.86. The van der Waals surface area contributed by atoms with Crippen LogP contribution in [-0.4, -0.2) is 74.7 Å². The van der Waals surface area contributed by atoms with Crippen LogP contribution in [0, 0.1) is 0 Å². The molecule has 0 spiro atoms. The van der Waals surface area contributed by atoms with Crippen molar-refractivity contribution in [1.82, 2.24) is 20.4 Å². The number of halogens is 1. The van der Waals surface area contributed by atoms with E-state index in [1.807, 2.05) is 0 Å². The van der Waals surface area contributed by atoms with E-state index in [2.05, 4.69) is 79.3 Å². The molecule has 0 unspecified atom stereocenters. The van der Waals surface area contributed by atoms with Gasteiger partial charge in [0.1, 0.15) is 0 Å². The predicted octanol–water partition coefficient (Wildman–Crippen LogP) is 3.34. The van der Waals surface area contributed by atoms with E-state index < -0.39 is 0 Å². The highest BCUT2D eigenvalue weighted by atomic mass is 127. The molecule has 2 N–H and O–H groups in total. The molecule has 0 atom stereocenters. The number of benzene rings is 1. The lowest BCUT2D eigenvalue weighted by molar-refractivity contribution is 0.140. The van der Waals surface area contributed by atoms with Gasteiger partial charge < -0.3 is 15.5 Å². The molecule has 6 heteroatoms. The quantitative estimate of drug-likeness (QED) is 0.317. The van der Waals surface area contributed by atoms with Crippen LogP contribution in [0.25, 0.3) is 0 Å². The molecular weight excluding hydrogens is 473 g/mol. The standard InChI is InChI=1S/C23H41N5.HI/c1-6-24-22(26-14-15-28-18-16-27(7-2)17-19-28)25-13-12-20-8-10-21(11-9-20)23(3,4)5;/h8-11H,6-7,12-19H2,1-5H3,(H2,24,25,26);1H. The molecule has 1 aliphatic rings. The molecule has 1 aliphatic heterocycles. The maximum Gasteiger partial charge on any atom is 0.191 e. The van der Waals surface area contributed by atoms with E-state index in [0.29, 0.717) is 0 Å². The van der Waals surface area contributed by atoms with Gasteiger partial charge in [-0.15, -0.1) is 24.0 Å². The zero-order valence-electron chi connectivity index (χ0n) is 19.1. The number of aliphatic imine (C=N–C) groups is 1. The molecule has 0 saturated carbocycles. The smallest absolute Gasteiger partial charge is 0.191 e. The minimum Gasteiger partial charge on any atom is -0.357 e. The Labute approximate surface area is 195 Å². The molecular formula is C23H42IN5. The Morgan fingerprint density at radius 3 is 2.14 bits per heavy atom. The minimum atomic E-state index is 0. The molecule has 29 heavy (non-hydrogen) atoms. The van der Waals surface area contributed by atoms with Crippen molar-refractivity contribution in [2.24, 2.45) is 4.99 Å². The van der Waals surface area contributed by atoms with Crippen molar-refractivity contribution in [3.05, 3.63) is 35.4 Å². The van der Waals surface area contributed by atoms with Gasteiger partial charge in [0.25, 0.3) is 0 Å². The van der Waals surface area contributed by atoms with Gasteiger partial charge >= 0.3 is 0 Å². The molecule has 0 aromatic heterocycles. The molecule has 0 aliphatic carbocycles. The average molecular weight is 516 g/mol. The highest BCUT2D eigenvalue weighted by molar-refractivity contribution is 14.0. The summed E-state index contributed by atoms with van der Waals surface area (Å²) in [5.41, 5.74) is 2.97. The molecule has 0 radical (unpaired) electrons. The van der Waals surface area contributed by atoms with Crippen LogP contribution < -0.4 is 10.6 Å². The van der Waals surface area contributed by atoms with Crippen LogP contribution in [0.2, 0.25) is 0 Å². The van der Waals surface area contributed by atoms with Crippen molar-refractivity contribution in [3.8, 4) is 0 Å². The van der Waals surface area contributed by atoms with Crippen molar-refractivity contribution in [3.63, 3.8) is 0 Å². The van der Waals surface area contributed by atoms with Crippen LogP contribution in [0.5, 0.6) is 0 Å². The largest absolute Gasteiger partial charge is 0.357 e. The summed E-state index contributed by atoms with van der Waals surface area (Å²) in [6.07, 6.45) is 1.01. The zero-order chi connectivity index (χ0) is 20.4. The number of hydrogen-bond acceptors (Lipinski definition) is 3. The van der Waals surface area contributed by atoms with Crippen molar-refractivity contribution < 1.29 is 0 Å². The van der Waals surface area contributed by atoms with Crippen LogP contribution in [0.1, 0.15) is 45.7 Å². The third-order valence-corrected chi connectivity index (χ3v) is 5.47. The first-order valence-corrected chi connectivity index (χ1v) is 11.0. The van der Waals surface area contributed by atoms with E-state index in [1.165, 1.54) is 30.8 Å². The van der Waals surface area contributed by atoms with Gasteiger partial charge in [-0.1, -0.05) is 52.0 Å². The summed E-state index contributed by atoms with van der Waals surface area (Å²) in [4.78, 5) is 9.80. The second-order valence-electron chi connectivity index (χ2n) is 8.66. The SMILES string of the molecule is CCNC(=NCCN1CCN(CC)CC1)NCCc1ccc(C(C)(C)C)cc1.I.